The summed E-state index contributed by atoms with van der Waals surface area (Å²) < 4.78 is 19.2. The van der Waals surface area contributed by atoms with Gasteiger partial charge in [-0.3, -0.25) is 4.79 Å². The van der Waals surface area contributed by atoms with Crippen molar-refractivity contribution in [2.24, 2.45) is 0 Å². The monoisotopic (exact) mass is 386 g/mol. The molecule has 6 heteroatoms. The normalized spacial score (nSPS) is 10.2. The summed E-state index contributed by atoms with van der Waals surface area (Å²) >= 11 is 3.19. The van der Waals surface area contributed by atoms with E-state index >= 15 is 0 Å². The average Bonchev–Trinajstić information content (AvgIpc) is 2.57. The van der Waals surface area contributed by atoms with Crippen molar-refractivity contribution in [3.8, 4) is 11.6 Å². The van der Waals surface area contributed by atoms with Crippen molar-refractivity contribution >= 4 is 27.5 Å². The summed E-state index contributed by atoms with van der Waals surface area (Å²) in [5.74, 6) is 0.0608. The fourth-order valence-electron chi connectivity index (χ4n) is 2.03. The maximum atomic E-state index is 13.2. The Labute approximate surface area is 146 Å². The van der Waals surface area contributed by atoms with E-state index in [4.69, 9.17) is 4.74 Å². The molecule has 120 valence electrons. The number of hydrogen-bond donors (Lipinski definition) is 1. The second-order valence-corrected chi connectivity index (χ2v) is 5.70. The van der Waals surface area contributed by atoms with Crippen LogP contribution in [-0.2, 0) is 0 Å². The van der Waals surface area contributed by atoms with Crippen LogP contribution in [0.15, 0.2) is 71.3 Å². The number of rotatable bonds is 4. The van der Waals surface area contributed by atoms with Crippen LogP contribution in [-0.4, -0.2) is 10.9 Å². The van der Waals surface area contributed by atoms with Crippen LogP contribution in [0.2, 0.25) is 0 Å². The van der Waals surface area contributed by atoms with E-state index in [9.17, 15) is 9.18 Å². The highest BCUT2D eigenvalue weighted by molar-refractivity contribution is 9.10. The molecule has 0 unspecified atom stereocenters. The number of nitrogens with zero attached hydrogens (tertiary/aromatic N) is 1. The first kappa shape index (κ1) is 16.1. The SMILES string of the molecule is O=C(Nc1cccnc1Oc1ccccc1)c1ccc(F)cc1Br. The average molecular weight is 387 g/mol. The van der Waals surface area contributed by atoms with Gasteiger partial charge in [0.2, 0.25) is 5.88 Å². The van der Waals surface area contributed by atoms with Crippen LogP contribution in [0.5, 0.6) is 11.6 Å². The second kappa shape index (κ2) is 7.23. The van der Waals surface area contributed by atoms with Gasteiger partial charge >= 0.3 is 0 Å². The molecule has 0 aliphatic heterocycles. The first-order valence-corrected chi connectivity index (χ1v) is 7.87. The van der Waals surface area contributed by atoms with Crippen LogP contribution < -0.4 is 10.1 Å². The van der Waals surface area contributed by atoms with E-state index in [1.54, 1.807) is 30.5 Å². The van der Waals surface area contributed by atoms with E-state index in [-0.39, 0.29) is 5.88 Å². The molecule has 0 saturated carbocycles. The predicted molar refractivity (Wildman–Crippen MR) is 92.8 cm³/mol. The van der Waals surface area contributed by atoms with Gasteiger partial charge in [-0.25, -0.2) is 9.37 Å². The van der Waals surface area contributed by atoms with E-state index in [0.29, 0.717) is 21.5 Å². The van der Waals surface area contributed by atoms with E-state index in [1.807, 2.05) is 18.2 Å². The van der Waals surface area contributed by atoms with Crippen molar-refractivity contribution in [1.82, 2.24) is 4.98 Å². The van der Waals surface area contributed by atoms with E-state index in [0.717, 1.165) is 0 Å². The molecule has 0 atom stereocenters. The molecule has 1 heterocycles. The Hall–Kier alpha value is -2.73. The van der Waals surface area contributed by atoms with Crippen molar-refractivity contribution < 1.29 is 13.9 Å². The molecule has 2 aromatic carbocycles. The summed E-state index contributed by atoms with van der Waals surface area (Å²) in [6.45, 7) is 0. The Morgan fingerprint density at radius 1 is 1.08 bits per heavy atom. The number of carbonyl (C=O) groups is 1. The molecular weight excluding hydrogens is 375 g/mol. The zero-order valence-electron chi connectivity index (χ0n) is 12.4. The van der Waals surface area contributed by atoms with E-state index in [2.05, 4.69) is 26.2 Å². The molecule has 3 aromatic rings. The van der Waals surface area contributed by atoms with E-state index < -0.39 is 11.7 Å². The number of ether oxygens (including phenoxy) is 1. The van der Waals surface area contributed by atoms with Gasteiger partial charge in [0.1, 0.15) is 17.3 Å². The van der Waals surface area contributed by atoms with Crippen LogP contribution in [0.1, 0.15) is 10.4 Å². The second-order valence-electron chi connectivity index (χ2n) is 4.85. The van der Waals surface area contributed by atoms with Crippen LogP contribution in [0.3, 0.4) is 0 Å². The molecule has 0 radical (unpaired) electrons. The number of amides is 1. The number of para-hydroxylation sites is 1. The summed E-state index contributed by atoms with van der Waals surface area (Å²) in [5.41, 5.74) is 0.730. The third-order valence-corrected chi connectivity index (χ3v) is 3.81. The number of hydrogen-bond acceptors (Lipinski definition) is 3. The molecule has 3 rings (SSSR count). The van der Waals surface area contributed by atoms with Gasteiger partial charge in [0, 0.05) is 10.7 Å². The first-order chi connectivity index (χ1) is 11.6. The lowest BCUT2D eigenvalue weighted by Gasteiger charge is -2.11. The highest BCUT2D eigenvalue weighted by Gasteiger charge is 2.14. The number of anilines is 1. The molecule has 0 fully saturated rings. The fourth-order valence-corrected chi connectivity index (χ4v) is 2.56. The lowest BCUT2D eigenvalue weighted by molar-refractivity contribution is 0.102. The molecule has 1 aromatic heterocycles. The minimum Gasteiger partial charge on any atom is -0.437 e. The number of halogens is 2. The molecule has 1 N–H and O–H groups in total. The first-order valence-electron chi connectivity index (χ1n) is 7.08. The van der Waals surface area contributed by atoms with Crippen LogP contribution in [0.4, 0.5) is 10.1 Å². The van der Waals surface area contributed by atoms with Crippen molar-refractivity contribution in [2.45, 2.75) is 0 Å². The van der Waals surface area contributed by atoms with Gasteiger partial charge in [-0.15, -0.1) is 0 Å². The Bertz CT molecular complexity index is 872. The lowest BCUT2D eigenvalue weighted by atomic mass is 10.2. The summed E-state index contributed by atoms with van der Waals surface area (Å²) in [6.07, 6.45) is 1.57. The molecule has 0 saturated heterocycles. The third kappa shape index (κ3) is 3.78. The zero-order chi connectivity index (χ0) is 16.9. The van der Waals surface area contributed by atoms with Crippen molar-refractivity contribution in [3.05, 3.63) is 82.7 Å². The molecule has 0 spiro atoms. The van der Waals surface area contributed by atoms with Crippen molar-refractivity contribution in [3.63, 3.8) is 0 Å². The number of pyridine rings is 1. The van der Waals surface area contributed by atoms with Gasteiger partial charge in [0.05, 0.1) is 5.56 Å². The Morgan fingerprint density at radius 3 is 2.62 bits per heavy atom. The molecular formula is C18H12BrFN2O2. The number of benzene rings is 2. The summed E-state index contributed by atoms with van der Waals surface area (Å²) in [4.78, 5) is 16.6. The highest BCUT2D eigenvalue weighted by Crippen LogP contribution is 2.28. The largest absolute Gasteiger partial charge is 0.437 e. The highest BCUT2D eigenvalue weighted by atomic mass is 79.9. The predicted octanol–water partition coefficient (Wildman–Crippen LogP) is 5.03. The maximum absolute atomic E-state index is 13.2. The Morgan fingerprint density at radius 2 is 1.88 bits per heavy atom. The molecule has 0 bridgehead atoms. The van der Waals surface area contributed by atoms with Gasteiger partial charge in [-0.1, -0.05) is 18.2 Å². The Balaban J connectivity index is 1.84. The number of nitrogens with one attached hydrogen (secondary N) is 1. The van der Waals surface area contributed by atoms with E-state index in [1.165, 1.54) is 18.2 Å². The molecule has 0 aliphatic rings. The number of carbonyl (C=O) groups excluding carboxylic acids is 1. The number of aromatic nitrogens is 1. The van der Waals surface area contributed by atoms with Crippen LogP contribution in [0.25, 0.3) is 0 Å². The Kier molecular flexibility index (Phi) is 4.86. The third-order valence-electron chi connectivity index (χ3n) is 3.15. The van der Waals surface area contributed by atoms with Gasteiger partial charge < -0.3 is 10.1 Å². The smallest absolute Gasteiger partial charge is 0.256 e. The summed E-state index contributed by atoms with van der Waals surface area (Å²) in [7, 11) is 0. The summed E-state index contributed by atoms with van der Waals surface area (Å²) in [5, 5.41) is 2.73. The fraction of sp³-hybridized carbons (Fsp3) is 0. The van der Waals surface area contributed by atoms with Gasteiger partial charge in [0.15, 0.2) is 0 Å². The summed E-state index contributed by atoms with van der Waals surface area (Å²) in [6, 6.07) is 16.4. The minimum absolute atomic E-state index is 0.273. The standard InChI is InChI=1S/C18H12BrFN2O2/c19-15-11-12(20)8-9-14(15)17(23)22-16-7-4-10-21-18(16)24-13-5-2-1-3-6-13/h1-11H,(H,22,23). The quantitative estimate of drug-likeness (QED) is 0.684. The maximum Gasteiger partial charge on any atom is 0.256 e. The molecule has 0 aliphatic carbocycles. The van der Waals surface area contributed by atoms with Crippen LogP contribution >= 0.6 is 15.9 Å². The van der Waals surface area contributed by atoms with Crippen molar-refractivity contribution in [1.29, 1.82) is 0 Å². The lowest BCUT2D eigenvalue weighted by Crippen LogP contribution is -2.13. The zero-order valence-corrected chi connectivity index (χ0v) is 14.0. The molecule has 4 nitrogen and oxygen atoms in total. The van der Waals surface area contributed by atoms with Gasteiger partial charge in [0.25, 0.3) is 5.91 Å². The van der Waals surface area contributed by atoms with Gasteiger partial charge in [-0.05, 0) is 58.4 Å². The molecule has 1 amide bonds. The van der Waals surface area contributed by atoms with Crippen molar-refractivity contribution in [2.75, 3.05) is 5.32 Å². The minimum atomic E-state index is -0.423. The van der Waals surface area contributed by atoms with Crippen LogP contribution in [0, 0.1) is 5.82 Å². The molecule has 24 heavy (non-hydrogen) atoms. The topological polar surface area (TPSA) is 51.2 Å². The van der Waals surface area contributed by atoms with Gasteiger partial charge in [-0.2, -0.15) is 0 Å².